The van der Waals surface area contributed by atoms with E-state index in [1.54, 1.807) is 42.7 Å². The van der Waals surface area contributed by atoms with Crippen molar-refractivity contribution in [3.8, 4) is 0 Å². The zero-order valence-electron chi connectivity index (χ0n) is 12.5. The number of pyridine rings is 1. The Morgan fingerprint density at radius 2 is 1.87 bits per heavy atom. The third-order valence-electron chi connectivity index (χ3n) is 3.16. The average Bonchev–Trinajstić information content (AvgIpc) is 2.61. The fraction of sp³-hybridized carbons (Fsp3) is 0.176. The number of aromatic nitrogens is 1. The third-order valence-corrected chi connectivity index (χ3v) is 3.16. The summed E-state index contributed by atoms with van der Waals surface area (Å²) in [5, 5.41) is 5.42. The number of carbonyl (C=O) groups excluding carboxylic acids is 3. The first-order valence-electron chi connectivity index (χ1n) is 7.18. The number of hydrogen-bond acceptors (Lipinski definition) is 4. The summed E-state index contributed by atoms with van der Waals surface area (Å²) in [5.74, 6) is -0.423. The molecule has 0 aliphatic carbocycles. The smallest absolute Gasteiger partial charge is 0.251 e. The number of nitrogens with zero attached hydrogens (tertiary/aromatic N) is 1. The van der Waals surface area contributed by atoms with Crippen molar-refractivity contribution in [2.45, 2.75) is 13.0 Å². The molecule has 2 aromatic rings. The Morgan fingerprint density at radius 1 is 1.09 bits per heavy atom. The van der Waals surface area contributed by atoms with E-state index in [-0.39, 0.29) is 24.8 Å². The Morgan fingerprint density at radius 3 is 2.52 bits per heavy atom. The predicted molar refractivity (Wildman–Crippen MR) is 84.9 cm³/mol. The molecule has 6 nitrogen and oxygen atoms in total. The Hall–Kier alpha value is -3.02. The van der Waals surface area contributed by atoms with Crippen LogP contribution in [-0.2, 0) is 11.3 Å². The monoisotopic (exact) mass is 311 g/mol. The van der Waals surface area contributed by atoms with Gasteiger partial charge in [0.05, 0.1) is 0 Å². The molecule has 0 aliphatic rings. The zero-order chi connectivity index (χ0) is 16.5. The molecule has 0 spiro atoms. The molecule has 23 heavy (non-hydrogen) atoms. The van der Waals surface area contributed by atoms with Gasteiger partial charge in [0.2, 0.25) is 5.91 Å². The van der Waals surface area contributed by atoms with E-state index in [9.17, 15) is 14.4 Å². The minimum Gasteiger partial charge on any atom is -0.352 e. The van der Waals surface area contributed by atoms with Crippen LogP contribution in [0.4, 0.5) is 0 Å². The highest BCUT2D eigenvalue weighted by Gasteiger charge is 2.06. The van der Waals surface area contributed by atoms with Crippen LogP contribution in [0.2, 0.25) is 0 Å². The SMILES string of the molecule is O=Cc1ccc(C(=O)NCCC(=O)NCc2cccnc2)cc1. The zero-order valence-corrected chi connectivity index (χ0v) is 12.5. The Kier molecular flexibility index (Phi) is 5.99. The molecule has 0 radical (unpaired) electrons. The molecule has 6 heteroatoms. The second-order valence-electron chi connectivity index (χ2n) is 4.88. The van der Waals surface area contributed by atoms with Crippen LogP contribution in [-0.4, -0.2) is 29.6 Å². The second-order valence-corrected chi connectivity index (χ2v) is 4.88. The number of amides is 2. The first-order chi connectivity index (χ1) is 11.2. The Labute approximate surface area is 133 Å². The number of benzene rings is 1. The molecular formula is C17H17N3O3. The van der Waals surface area contributed by atoms with Gasteiger partial charge in [-0.3, -0.25) is 19.4 Å². The number of aldehydes is 1. The van der Waals surface area contributed by atoms with Gasteiger partial charge < -0.3 is 10.6 Å². The molecule has 2 amide bonds. The van der Waals surface area contributed by atoms with E-state index in [2.05, 4.69) is 15.6 Å². The van der Waals surface area contributed by atoms with E-state index in [0.717, 1.165) is 5.56 Å². The molecule has 0 unspecified atom stereocenters. The number of carbonyl (C=O) groups is 3. The van der Waals surface area contributed by atoms with Crippen molar-refractivity contribution in [3.63, 3.8) is 0 Å². The molecule has 1 aromatic carbocycles. The maximum atomic E-state index is 11.9. The van der Waals surface area contributed by atoms with E-state index in [1.807, 2.05) is 6.07 Å². The first kappa shape index (κ1) is 16.4. The van der Waals surface area contributed by atoms with Crippen molar-refractivity contribution in [1.29, 1.82) is 0 Å². The minimum absolute atomic E-state index is 0.148. The molecular weight excluding hydrogens is 294 g/mol. The van der Waals surface area contributed by atoms with Gasteiger partial charge in [-0.15, -0.1) is 0 Å². The highest BCUT2D eigenvalue weighted by molar-refractivity contribution is 5.95. The van der Waals surface area contributed by atoms with E-state index in [1.165, 1.54) is 0 Å². The van der Waals surface area contributed by atoms with Gasteiger partial charge in [0.25, 0.3) is 5.91 Å². The highest BCUT2D eigenvalue weighted by Crippen LogP contribution is 2.02. The van der Waals surface area contributed by atoms with E-state index in [0.29, 0.717) is 24.0 Å². The minimum atomic E-state index is -0.275. The number of hydrogen-bond donors (Lipinski definition) is 2. The summed E-state index contributed by atoms with van der Waals surface area (Å²) in [6, 6.07) is 9.96. The van der Waals surface area contributed by atoms with Gasteiger partial charge in [-0.2, -0.15) is 0 Å². The maximum Gasteiger partial charge on any atom is 0.251 e. The molecule has 1 aromatic heterocycles. The Balaban J connectivity index is 1.70. The lowest BCUT2D eigenvalue weighted by Gasteiger charge is -2.07. The molecule has 2 rings (SSSR count). The van der Waals surface area contributed by atoms with E-state index < -0.39 is 0 Å². The summed E-state index contributed by atoms with van der Waals surface area (Å²) in [6.45, 7) is 0.654. The van der Waals surface area contributed by atoms with Crippen LogP contribution in [0.3, 0.4) is 0 Å². The first-order valence-corrected chi connectivity index (χ1v) is 7.18. The number of rotatable bonds is 7. The van der Waals surface area contributed by atoms with Crippen LogP contribution in [0.1, 0.15) is 32.7 Å². The molecule has 0 fully saturated rings. The molecule has 0 atom stereocenters. The molecule has 118 valence electrons. The summed E-state index contributed by atoms with van der Waals surface area (Å²) in [7, 11) is 0. The normalized spacial score (nSPS) is 9.91. The second kappa shape index (κ2) is 8.43. The van der Waals surface area contributed by atoms with Crippen molar-refractivity contribution in [3.05, 3.63) is 65.5 Å². The largest absolute Gasteiger partial charge is 0.352 e. The van der Waals surface area contributed by atoms with E-state index >= 15 is 0 Å². The molecule has 0 aliphatic heterocycles. The Bertz CT molecular complexity index is 669. The molecule has 1 heterocycles. The summed E-state index contributed by atoms with van der Waals surface area (Å²) < 4.78 is 0. The van der Waals surface area contributed by atoms with Crippen molar-refractivity contribution in [2.75, 3.05) is 6.54 Å². The molecule has 2 N–H and O–H groups in total. The van der Waals surface area contributed by atoms with Gasteiger partial charge >= 0.3 is 0 Å². The predicted octanol–water partition coefficient (Wildman–Crippen LogP) is 1.33. The standard InChI is InChI=1S/C17H17N3O3/c21-12-13-3-5-15(6-4-13)17(23)19-9-7-16(22)20-11-14-2-1-8-18-10-14/h1-6,8,10,12H,7,9,11H2,(H,19,23)(H,20,22). The third kappa shape index (κ3) is 5.35. The van der Waals surface area contributed by atoms with Crippen molar-refractivity contribution in [1.82, 2.24) is 15.6 Å². The van der Waals surface area contributed by atoms with Gasteiger partial charge in [-0.05, 0) is 23.8 Å². The summed E-state index contributed by atoms with van der Waals surface area (Å²) >= 11 is 0. The lowest BCUT2D eigenvalue weighted by Crippen LogP contribution is -2.30. The molecule has 0 saturated heterocycles. The van der Waals surface area contributed by atoms with E-state index in [4.69, 9.17) is 0 Å². The topological polar surface area (TPSA) is 88.2 Å². The van der Waals surface area contributed by atoms with Gasteiger partial charge in [0.15, 0.2) is 0 Å². The van der Waals surface area contributed by atoms with Crippen LogP contribution in [0.25, 0.3) is 0 Å². The summed E-state index contributed by atoms with van der Waals surface area (Å²) in [5.41, 5.74) is 1.88. The van der Waals surface area contributed by atoms with Crippen molar-refractivity contribution >= 4 is 18.1 Å². The summed E-state index contributed by atoms with van der Waals surface area (Å²) in [6.07, 6.45) is 4.26. The van der Waals surface area contributed by atoms with Crippen molar-refractivity contribution in [2.24, 2.45) is 0 Å². The molecule has 0 bridgehead atoms. The highest BCUT2D eigenvalue weighted by atomic mass is 16.2. The fourth-order valence-corrected chi connectivity index (χ4v) is 1.90. The van der Waals surface area contributed by atoms with Gasteiger partial charge in [0, 0.05) is 43.0 Å². The van der Waals surface area contributed by atoms with Gasteiger partial charge in [0.1, 0.15) is 6.29 Å². The number of nitrogens with one attached hydrogen (secondary N) is 2. The maximum absolute atomic E-state index is 11.9. The fourth-order valence-electron chi connectivity index (χ4n) is 1.90. The molecule has 0 saturated carbocycles. The van der Waals surface area contributed by atoms with Crippen LogP contribution < -0.4 is 10.6 Å². The van der Waals surface area contributed by atoms with Crippen molar-refractivity contribution < 1.29 is 14.4 Å². The quantitative estimate of drug-likeness (QED) is 0.755. The van der Waals surface area contributed by atoms with Crippen LogP contribution in [0.15, 0.2) is 48.8 Å². The lowest BCUT2D eigenvalue weighted by molar-refractivity contribution is -0.121. The van der Waals surface area contributed by atoms with Crippen LogP contribution in [0, 0.1) is 0 Å². The van der Waals surface area contributed by atoms with Gasteiger partial charge in [-0.1, -0.05) is 18.2 Å². The van der Waals surface area contributed by atoms with Crippen LogP contribution >= 0.6 is 0 Å². The summed E-state index contributed by atoms with van der Waals surface area (Å²) in [4.78, 5) is 38.1. The van der Waals surface area contributed by atoms with Gasteiger partial charge in [-0.25, -0.2) is 0 Å². The average molecular weight is 311 g/mol. The van der Waals surface area contributed by atoms with Crippen LogP contribution in [0.5, 0.6) is 0 Å². The lowest BCUT2D eigenvalue weighted by atomic mass is 10.1.